The molecule has 0 atom stereocenters. The average molecular weight is 408 g/mol. The molecule has 0 aliphatic carbocycles. The van der Waals surface area contributed by atoms with Crippen molar-refractivity contribution in [1.82, 2.24) is 9.88 Å². The van der Waals surface area contributed by atoms with Crippen molar-refractivity contribution in [2.45, 2.75) is 0 Å². The van der Waals surface area contributed by atoms with E-state index in [1.54, 1.807) is 23.8 Å². The zero-order valence-corrected chi connectivity index (χ0v) is 16.7. The van der Waals surface area contributed by atoms with Crippen LogP contribution >= 0.6 is 22.7 Å². The first-order valence-electron chi connectivity index (χ1n) is 8.63. The molecule has 0 unspecified atom stereocenters. The second-order valence-electron chi connectivity index (χ2n) is 6.29. The molecule has 0 aliphatic rings. The maximum atomic E-state index is 12.6. The van der Waals surface area contributed by atoms with Gasteiger partial charge in [-0.05, 0) is 22.9 Å². The first-order valence-corrected chi connectivity index (χ1v) is 10.5. The quantitative estimate of drug-likeness (QED) is 0.520. The van der Waals surface area contributed by atoms with Gasteiger partial charge in [0, 0.05) is 34.4 Å². The van der Waals surface area contributed by atoms with Crippen LogP contribution in [0.15, 0.2) is 64.7 Å². The summed E-state index contributed by atoms with van der Waals surface area (Å²) >= 11 is 3.01. The molecule has 7 heteroatoms. The highest BCUT2D eigenvalue weighted by atomic mass is 32.1. The Morgan fingerprint density at radius 2 is 1.89 bits per heavy atom. The Hall–Kier alpha value is -3.03. The largest absolute Gasteiger partial charge is 0.331 e. The van der Waals surface area contributed by atoms with E-state index < -0.39 is 0 Å². The van der Waals surface area contributed by atoms with Crippen LogP contribution in [0.2, 0.25) is 0 Å². The van der Waals surface area contributed by atoms with Crippen molar-refractivity contribution < 1.29 is 9.59 Å². The summed E-state index contributed by atoms with van der Waals surface area (Å²) < 4.78 is 0. The van der Waals surface area contributed by atoms with Crippen molar-refractivity contribution in [1.29, 1.82) is 0 Å². The van der Waals surface area contributed by atoms with Gasteiger partial charge in [0.05, 0.1) is 6.54 Å². The molecule has 4 aromatic rings. The van der Waals surface area contributed by atoms with Crippen molar-refractivity contribution in [3.63, 3.8) is 0 Å². The number of hydrogen-bond acceptors (Lipinski definition) is 5. The zero-order chi connectivity index (χ0) is 19.5. The average Bonchev–Trinajstić information content (AvgIpc) is 3.39. The molecule has 0 radical (unpaired) electrons. The summed E-state index contributed by atoms with van der Waals surface area (Å²) in [7, 11) is 1.61. The predicted octanol–water partition coefficient (Wildman–Crippen LogP) is 4.74. The fraction of sp³-hybridized carbons (Fsp3) is 0.0952. The number of thiazole rings is 1. The van der Waals surface area contributed by atoms with Crippen molar-refractivity contribution in [2.24, 2.45) is 0 Å². The Morgan fingerprint density at radius 1 is 1.07 bits per heavy atom. The molecule has 0 bridgehead atoms. The van der Waals surface area contributed by atoms with Crippen LogP contribution in [0, 0.1) is 0 Å². The number of anilines is 1. The lowest BCUT2D eigenvalue weighted by molar-refractivity contribution is -0.116. The van der Waals surface area contributed by atoms with Crippen LogP contribution in [0.3, 0.4) is 0 Å². The zero-order valence-electron chi connectivity index (χ0n) is 15.1. The van der Waals surface area contributed by atoms with Crippen LogP contribution in [-0.4, -0.2) is 35.3 Å². The Kier molecular flexibility index (Phi) is 5.18. The number of aromatic nitrogens is 1. The Bertz CT molecular complexity index is 1130. The lowest BCUT2D eigenvalue weighted by atomic mass is 10.1. The van der Waals surface area contributed by atoms with E-state index in [1.165, 1.54) is 16.2 Å². The molecule has 0 saturated carbocycles. The molecule has 28 heavy (non-hydrogen) atoms. The molecule has 140 valence electrons. The number of hydrogen-bond donors (Lipinski definition) is 1. The molecule has 5 nitrogen and oxygen atoms in total. The van der Waals surface area contributed by atoms with Gasteiger partial charge in [-0.15, -0.1) is 11.3 Å². The number of nitrogens with zero attached hydrogens (tertiary/aromatic N) is 2. The number of benzene rings is 2. The van der Waals surface area contributed by atoms with Crippen molar-refractivity contribution in [3.05, 3.63) is 70.4 Å². The lowest BCUT2D eigenvalue weighted by Crippen LogP contribution is -2.35. The van der Waals surface area contributed by atoms with Crippen LogP contribution in [-0.2, 0) is 4.79 Å². The minimum Gasteiger partial charge on any atom is -0.331 e. The minimum absolute atomic E-state index is 0.0482. The molecule has 2 amide bonds. The highest BCUT2D eigenvalue weighted by Crippen LogP contribution is 2.26. The molecule has 2 aromatic heterocycles. The molecule has 1 N–H and O–H groups in total. The Balaban J connectivity index is 1.43. The molecule has 2 aromatic carbocycles. The summed E-state index contributed by atoms with van der Waals surface area (Å²) in [6.07, 6.45) is 0. The van der Waals surface area contributed by atoms with Gasteiger partial charge >= 0.3 is 0 Å². The maximum absolute atomic E-state index is 12.6. The highest BCUT2D eigenvalue weighted by Gasteiger charge is 2.19. The number of thiophene rings is 1. The van der Waals surface area contributed by atoms with Crippen LogP contribution in [0.1, 0.15) is 10.5 Å². The van der Waals surface area contributed by atoms with Gasteiger partial charge in [-0.2, -0.15) is 11.3 Å². The third-order valence-corrected chi connectivity index (χ3v) is 5.86. The number of rotatable bonds is 5. The first kappa shape index (κ1) is 18.3. The van der Waals surface area contributed by atoms with E-state index in [0.29, 0.717) is 5.69 Å². The van der Waals surface area contributed by atoms with Gasteiger partial charge in [0.25, 0.3) is 5.91 Å². The van der Waals surface area contributed by atoms with Crippen LogP contribution in [0.4, 0.5) is 5.69 Å². The predicted molar refractivity (Wildman–Crippen MR) is 115 cm³/mol. The highest BCUT2D eigenvalue weighted by molar-refractivity contribution is 7.14. The molecule has 4 rings (SSSR count). The summed E-state index contributed by atoms with van der Waals surface area (Å²) in [5, 5.41) is 11.4. The van der Waals surface area contributed by atoms with Crippen LogP contribution in [0.25, 0.3) is 21.3 Å². The number of likely N-dealkylation sites (N-methyl/N-ethyl adjacent to an activating group) is 1. The van der Waals surface area contributed by atoms with Crippen molar-refractivity contribution in [3.8, 4) is 10.6 Å². The van der Waals surface area contributed by atoms with Crippen LogP contribution in [0.5, 0.6) is 0 Å². The van der Waals surface area contributed by atoms with Gasteiger partial charge in [-0.25, -0.2) is 4.98 Å². The van der Waals surface area contributed by atoms with E-state index in [2.05, 4.69) is 10.3 Å². The summed E-state index contributed by atoms with van der Waals surface area (Å²) in [5.74, 6) is -0.522. The third-order valence-electron chi connectivity index (χ3n) is 4.28. The standard InChI is InChI=1S/C21H17N3O2S2/c1-24(21(26)18-13-28-20(23-18)15-9-10-27-12-15)11-19(25)22-17-8-4-6-14-5-2-3-7-16(14)17/h2-10,12-13H,11H2,1H3,(H,22,25). The van der Waals surface area contributed by atoms with Crippen molar-refractivity contribution in [2.75, 3.05) is 18.9 Å². The molecule has 0 saturated heterocycles. The van der Waals surface area contributed by atoms with Gasteiger partial charge in [0.15, 0.2) is 0 Å². The Morgan fingerprint density at radius 3 is 2.71 bits per heavy atom. The van der Waals surface area contributed by atoms with E-state index in [9.17, 15) is 9.59 Å². The molecule has 0 fully saturated rings. The van der Waals surface area contributed by atoms with Gasteiger partial charge in [0.1, 0.15) is 10.7 Å². The van der Waals surface area contributed by atoms with E-state index in [0.717, 1.165) is 27.0 Å². The third kappa shape index (κ3) is 3.81. The van der Waals surface area contributed by atoms with Gasteiger partial charge in [-0.3, -0.25) is 9.59 Å². The first-order chi connectivity index (χ1) is 13.6. The normalized spacial score (nSPS) is 10.8. The molecule has 0 aliphatic heterocycles. The van der Waals surface area contributed by atoms with E-state index in [4.69, 9.17) is 0 Å². The number of carbonyl (C=O) groups is 2. The van der Waals surface area contributed by atoms with Crippen LogP contribution < -0.4 is 5.32 Å². The number of carbonyl (C=O) groups excluding carboxylic acids is 2. The van der Waals surface area contributed by atoms with E-state index in [-0.39, 0.29) is 18.4 Å². The van der Waals surface area contributed by atoms with E-state index >= 15 is 0 Å². The molecular weight excluding hydrogens is 390 g/mol. The number of amides is 2. The van der Waals surface area contributed by atoms with Crippen molar-refractivity contribution >= 4 is 50.9 Å². The smallest absolute Gasteiger partial charge is 0.273 e. The van der Waals surface area contributed by atoms with Gasteiger partial charge in [0.2, 0.25) is 5.91 Å². The lowest BCUT2D eigenvalue weighted by Gasteiger charge is -2.16. The summed E-state index contributed by atoms with van der Waals surface area (Å²) in [4.78, 5) is 30.9. The topological polar surface area (TPSA) is 62.3 Å². The summed E-state index contributed by atoms with van der Waals surface area (Å²) in [5.41, 5.74) is 2.09. The summed E-state index contributed by atoms with van der Waals surface area (Å²) in [6, 6.07) is 15.6. The summed E-state index contributed by atoms with van der Waals surface area (Å²) in [6.45, 7) is -0.0482. The fourth-order valence-electron chi connectivity index (χ4n) is 2.90. The monoisotopic (exact) mass is 407 g/mol. The van der Waals surface area contributed by atoms with Gasteiger partial charge < -0.3 is 10.2 Å². The number of fused-ring (bicyclic) bond motifs is 1. The second-order valence-corrected chi connectivity index (χ2v) is 7.92. The maximum Gasteiger partial charge on any atom is 0.273 e. The van der Waals surface area contributed by atoms with Gasteiger partial charge in [-0.1, -0.05) is 36.4 Å². The molecule has 2 heterocycles. The second kappa shape index (κ2) is 7.92. The molecular formula is C21H17N3O2S2. The fourth-order valence-corrected chi connectivity index (χ4v) is 4.40. The number of nitrogens with one attached hydrogen (secondary N) is 1. The SMILES string of the molecule is CN(CC(=O)Nc1cccc2ccccc12)C(=O)c1csc(-c2ccsc2)n1. The minimum atomic E-state index is -0.272. The molecule has 0 spiro atoms. The van der Waals surface area contributed by atoms with E-state index in [1.807, 2.05) is 59.3 Å². The Labute approximate surface area is 170 Å².